The van der Waals surface area contributed by atoms with E-state index in [1.807, 2.05) is 24.6 Å². The van der Waals surface area contributed by atoms with Crippen LogP contribution in [0.4, 0.5) is 0 Å². The molecule has 1 heterocycles. The standard InChI is InChI=1S/C13H16N2O.C12H24N2O/c1-2-7-15-12-8-10(9-3-4-9)5-6-11(12)14-13(15)16;1-5-9-14(4)12(6-2,11-13)8-10-15-7-3/h5-6,8-9H,2-4,7H2,1H3,(H,14,16);5-10H2,1-4H3. The molecule has 1 aliphatic carbocycles. The summed E-state index contributed by atoms with van der Waals surface area (Å²) in [7, 11) is 2.03. The lowest BCUT2D eigenvalue weighted by Gasteiger charge is -2.35. The second kappa shape index (κ2) is 12.1. The molecular weight excluding hydrogens is 388 g/mol. The maximum Gasteiger partial charge on any atom is 0.326 e. The highest BCUT2D eigenvalue weighted by Gasteiger charge is 2.31. The number of aromatic nitrogens is 2. The first kappa shape index (κ1) is 25.2. The summed E-state index contributed by atoms with van der Waals surface area (Å²) in [6.07, 6.45) is 6.31. The molecule has 1 N–H and O–H groups in total. The fourth-order valence-electron chi connectivity index (χ4n) is 4.08. The van der Waals surface area contributed by atoms with Crippen molar-refractivity contribution in [3.05, 3.63) is 34.2 Å². The minimum Gasteiger partial charge on any atom is -0.382 e. The van der Waals surface area contributed by atoms with Crippen LogP contribution in [-0.2, 0) is 11.3 Å². The number of nitriles is 1. The quantitative estimate of drug-likeness (QED) is 0.509. The van der Waals surface area contributed by atoms with Gasteiger partial charge in [0.05, 0.1) is 17.1 Å². The van der Waals surface area contributed by atoms with Crippen LogP contribution in [0.25, 0.3) is 11.0 Å². The van der Waals surface area contributed by atoms with Gasteiger partial charge < -0.3 is 9.72 Å². The van der Waals surface area contributed by atoms with Crippen LogP contribution in [0.5, 0.6) is 0 Å². The van der Waals surface area contributed by atoms with Crippen molar-refractivity contribution in [2.75, 3.05) is 26.8 Å². The van der Waals surface area contributed by atoms with Crippen LogP contribution in [0, 0.1) is 11.3 Å². The summed E-state index contributed by atoms with van der Waals surface area (Å²) >= 11 is 0. The van der Waals surface area contributed by atoms with Crippen molar-refractivity contribution < 1.29 is 4.74 Å². The Morgan fingerprint density at radius 1 is 1.26 bits per heavy atom. The Bertz CT molecular complexity index is 906. The average Bonchev–Trinajstić information content (AvgIpc) is 3.57. The molecule has 1 saturated carbocycles. The Hall–Kier alpha value is -2.10. The van der Waals surface area contributed by atoms with Crippen LogP contribution in [0.15, 0.2) is 23.0 Å². The molecule has 0 spiro atoms. The molecule has 1 atom stereocenters. The van der Waals surface area contributed by atoms with Crippen LogP contribution < -0.4 is 5.69 Å². The monoisotopic (exact) mass is 428 g/mol. The molecule has 2 aromatic rings. The maximum absolute atomic E-state index is 11.7. The van der Waals surface area contributed by atoms with Gasteiger partial charge >= 0.3 is 5.69 Å². The summed E-state index contributed by atoms with van der Waals surface area (Å²) in [6, 6.07) is 8.82. The highest BCUT2D eigenvalue weighted by Crippen LogP contribution is 2.40. The minimum atomic E-state index is -0.342. The van der Waals surface area contributed by atoms with Gasteiger partial charge in [-0.2, -0.15) is 5.26 Å². The molecule has 0 aliphatic heterocycles. The number of nitrogens with one attached hydrogen (secondary N) is 1. The molecule has 172 valence electrons. The summed E-state index contributed by atoms with van der Waals surface area (Å²) in [5.74, 6) is 0.740. The number of aromatic amines is 1. The van der Waals surface area contributed by atoms with Crippen LogP contribution in [0.1, 0.15) is 77.7 Å². The fraction of sp³-hybridized carbons (Fsp3) is 0.680. The first-order chi connectivity index (χ1) is 15.0. The topological polar surface area (TPSA) is 74.1 Å². The lowest BCUT2D eigenvalue weighted by Crippen LogP contribution is -2.46. The minimum absolute atomic E-state index is 0.0183. The highest BCUT2D eigenvalue weighted by atomic mass is 16.5. The number of hydrogen-bond acceptors (Lipinski definition) is 4. The van der Waals surface area contributed by atoms with Gasteiger partial charge in [0.2, 0.25) is 0 Å². The molecular formula is C25H40N4O2. The lowest BCUT2D eigenvalue weighted by atomic mass is 9.92. The third-order valence-corrected chi connectivity index (χ3v) is 6.24. The number of fused-ring (bicyclic) bond motifs is 1. The largest absolute Gasteiger partial charge is 0.382 e. The van der Waals surface area contributed by atoms with Crippen LogP contribution in [0.2, 0.25) is 0 Å². The fourth-order valence-corrected chi connectivity index (χ4v) is 4.08. The van der Waals surface area contributed by atoms with Gasteiger partial charge in [-0.25, -0.2) is 4.79 Å². The molecule has 0 bridgehead atoms. The Morgan fingerprint density at radius 3 is 2.55 bits per heavy atom. The summed E-state index contributed by atoms with van der Waals surface area (Å²) < 4.78 is 7.19. The van der Waals surface area contributed by atoms with Crippen molar-refractivity contribution >= 4 is 11.0 Å². The summed E-state index contributed by atoms with van der Waals surface area (Å²) in [5, 5.41) is 9.33. The van der Waals surface area contributed by atoms with Crippen molar-refractivity contribution in [3.63, 3.8) is 0 Å². The second-order valence-corrected chi connectivity index (χ2v) is 8.50. The predicted molar refractivity (Wildman–Crippen MR) is 127 cm³/mol. The molecule has 6 nitrogen and oxygen atoms in total. The summed E-state index contributed by atoms with van der Waals surface area (Å²) in [5.41, 5.74) is 3.09. The Morgan fingerprint density at radius 2 is 2.00 bits per heavy atom. The number of hydrogen-bond donors (Lipinski definition) is 1. The Kier molecular flexibility index (Phi) is 9.80. The van der Waals surface area contributed by atoms with Crippen molar-refractivity contribution in [2.45, 2.75) is 84.2 Å². The third kappa shape index (κ3) is 6.44. The number of rotatable bonds is 11. The normalized spacial score (nSPS) is 15.4. The molecule has 1 fully saturated rings. The smallest absolute Gasteiger partial charge is 0.326 e. The van der Waals surface area contributed by atoms with Gasteiger partial charge in [-0.15, -0.1) is 0 Å². The zero-order chi connectivity index (χ0) is 22.9. The Balaban J connectivity index is 0.000000221. The lowest BCUT2D eigenvalue weighted by molar-refractivity contribution is 0.0851. The number of ether oxygens (including phenoxy) is 1. The zero-order valence-corrected chi connectivity index (χ0v) is 20.0. The van der Waals surface area contributed by atoms with Crippen LogP contribution in [0.3, 0.4) is 0 Å². The number of benzene rings is 1. The SMILES string of the molecule is CCCN(C)C(C#N)(CC)CCOCC.CCCn1c(=O)[nH]c2ccc(C3CC3)cc21. The number of imidazole rings is 1. The molecule has 31 heavy (non-hydrogen) atoms. The molecule has 1 aromatic carbocycles. The van der Waals surface area contributed by atoms with E-state index in [0.717, 1.165) is 62.3 Å². The summed E-state index contributed by atoms with van der Waals surface area (Å²) in [6.45, 7) is 11.4. The number of H-pyrrole nitrogens is 1. The first-order valence-electron chi connectivity index (χ1n) is 11.9. The van der Waals surface area contributed by atoms with Crippen molar-refractivity contribution in [3.8, 4) is 6.07 Å². The van der Waals surface area contributed by atoms with Crippen LogP contribution in [-0.4, -0.2) is 46.8 Å². The zero-order valence-electron chi connectivity index (χ0n) is 20.0. The van der Waals surface area contributed by atoms with Crippen molar-refractivity contribution in [1.82, 2.24) is 14.5 Å². The molecule has 1 aliphatic rings. The molecule has 0 saturated heterocycles. The van der Waals surface area contributed by atoms with E-state index >= 15 is 0 Å². The van der Waals surface area contributed by atoms with E-state index in [9.17, 15) is 10.1 Å². The van der Waals surface area contributed by atoms with Crippen LogP contribution >= 0.6 is 0 Å². The maximum atomic E-state index is 11.7. The van der Waals surface area contributed by atoms with Crippen molar-refractivity contribution in [2.24, 2.45) is 0 Å². The van der Waals surface area contributed by atoms with E-state index in [1.165, 1.54) is 18.4 Å². The number of nitrogens with zero attached hydrogens (tertiary/aromatic N) is 3. The van der Waals surface area contributed by atoms with Gasteiger partial charge in [-0.3, -0.25) is 9.47 Å². The van der Waals surface area contributed by atoms with E-state index in [1.54, 1.807) is 0 Å². The molecule has 1 unspecified atom stereocenters. The van der Waals surface area contributed by atoms with Gasteiger partial charge in [-0.1, -0.05) is 26.8 Å². The van der Waals surface area contributed by atoms with Crippen molar-refractivity contribution in [1.29, 1.82) is 5.26 Å². The Labute approximate surface area is 187 Å². The average molecular weight is 429 g/mol. The number of aryl methyl sites for hydroxylation is 1. The van der Waals surface area contributed by atoms with E-state index < -0.39 is 0 Å². The van der Waals surface area contributed by atoms with Gasteiger partial charge in [0.1, 0.15) is 5.54 Å². The summed E-state index contributed by atoms with van der Waals surface area (Å²) in [4.78, 5) is 16.8. The third-order valence-electron chi connectivity index (χ3n) is 6.24. The molecule has 6 heteroatoms. The first-order valence-corrected chi connectivity index (χ1v) is 11.9. The van der Waals surface area contributed by atoms with E-state index in [2.05, 4.69) is 48.9 Å². The van der Waals surface area contributed by atoms with Gasteiger partial charge in [0.15, 0.2) is 0 Å². The van der Waals surface area contributed by atoms with Gasteiger partial charge in [0.25, 0.3) is 0 Å². The van der Waals surface area contributed by atoms with E-state index in [0.29, 0.717) is 6.61 Å². The molecule has 0 amide bonds. The molecule has 0 radical (unpaired) electrons. The molecule has 3 rings (SSSR count). The molecule has 1 aromatic heterocycles. The van der Waals surface area contributed by atoms with E-state index in [4.69, 9.17) is 4.74 Å². The highest BCUT2D eigenvalue weighted by molar-refractivity contribution is 5.76. The predicted octanol–water partition coefficient (Wildman–Crippen LogP) is 5.04. The van der Waals surface area contributed by atoms with Gasteiger partial charge in [-0.05, 0) is 76.2 Å². The van der Waals surface area contributed by atoms with E-state index in [-0.39, 0.29) is 11.2 Å². The van der Waals surface area contributed by atoms with Gasteiger partial charge in [0, 0.05) is 26.2 Å². The second-order valence-electron chi connectivity index (χ2n) is 8.50.